The Labute approximate surface area is 139 Å². The van der Waals surface area contributed by atoms with Gasteiger partial charge in [0.1, 0.15) is 0 Å². The fourth-order valence-corrected chi connectivity index (χ4v) is 3.47. The summed E-state index contributed by atoms with van der Waals surface area (Å²) in [6, 6.07) is 21.1. The minimum absolute atomic E-state index is 0.297. The number of amides is 1. The minimum atomic E-state index is 0.297. The minimum Gasteiger partial charge on any atom is -0.343 e. The van der Waals surface area contributed by atoms with Gasteiger partial charge in [-0.25, -0.2) is 0 Å². The number of hydrogen-bond donors (Lipinski definition) is 0. The summed E-state index contributed by atoms with van der Waals surface area (Å²) in [7, 11) is 0. The monoisotopic (exact) mass is 307 g/mol. The number of carbonyl (C=O) groups excluding carboxylic acids is 1. The molecule has 1 heterocycles. The van der Waals surface area contributed by atoms with E-state index in [-0.39, 0.29) is 0 Å². The van der Waals surface area contributed by atoms with Crippen molar-refractivity contribution >= 4 is 5.91 Å². The maximum atomic E-state index is 12.5. The second kappa shape index (κ2) is 7.96. The van der Waals surface area contributed by atoms with Crippen molar-refractivity contribution in [2.45, 2.75) is 38.0 Å². The topological polar surface area (TPSA) is 20.3 Å². The Balaban J connectivity index is 1.70. The highest BCUT2D eigenvalue weighted by Gasteiger charge is 2.20. The second-order valence-corrected chi connectivity index (χ2v) is 6.35. The van der Waals surface area contributed by atoms with Crippen molar-refractivity contribution in [3.8, 4) is 0 Å². The molecule has 23 heavy (non-hydrogen) atoms. The maximum absolute atomic E-state index is 12.5. The zero-order valence-corrected chi connectivity index (χ0v) is 13.7. The number of hydrogen-bond acceptors (Lipinski definition) is 1. The Morgan fingerprint density at radius 2 is 1.35 bits per heavy atom. The quantitative estimate of drug-likeness (QED) is 0.790. The van der Waals surface area contributed by atoms with Gasteiger partial charge in [-0.2, -0.15) is 0 Å². The summed E-state index contributed by atoms with van der Waals surface area (Å²) in [5.74, 6) is 0.618. The predicted molar refractivity (Wildman–Crippen MR) is 94.4 cm³/mol. The van der Waals surface area contributed by atoms with Crippen molar-refractivity contribution in [3.05, 3.63) is 71.8 Å². The van der Waals surface area contributed by atoms with Crippen LogP contribution in [0.3, 0.4) is 0 Å². The lowest BCUT2D eigenvalue weighted by molar-refractivity contribution is -0.132. The van der Waals surface area contributed by atoms with Crippen LogP contribution in [0.2, 0.25) is 0 Å². The first kappa shape index (κ1) is 15.8. The summed E-state index contributed by atoms with van der Waals surface area (Å²) < 4.78 is 0. The molecule has 0 aliphatic carbocycles. The molecular weight excluding hydrogens is 282 g/mol. The molecule has 0 spiro atoms. The van der Waals surface area contributed by atoms with Crippen LogP contribution in [0.25, 0.3) is 0 Å². The van der Waals surface area contributed by atoms with E-state index in [2.05, 4.69) is 53.4 Å². The van der Waals surface area contributed by atoms with Gasteiger partial charge in [0, 0.05) is 25.4 Å². The maximum Gasteiger partial charge on any atom is 0.222 e. The van der Waals surface area contributed by atoms with Crippen molar-refractivity contribution < 1.29 is 4.79 Å². The van der Waals surface area contributed by atoms with E-state index in [0.29, 0.717) is 18.2 Å². The Morgan fingerprint density at radius 1 is 0.826 bits per heavy atom. The summed E-state index contributed by atoms with van der Waals surface area (Å²) in [5, 5.41) is 0. The third-order valence-electron chi connectivity index (χ3n) is 4.76. The standard InChI is InChI=1S/C21H25NO/c23-21(22-16-8-3-9-17-22)15-14-20(18-10-4-1-5-11-18)19-12-6-2-7-13-19/h1-2,4-7,10-13,20H,3,8-9,14-17H2. The van der Waals surface area contributed by atoms with E-state index in [1.165, 1.54) is 17.5 Å². The zero-order valence-electron chi connectivity index (χ0n) is 13.7. The van der Waals surface area contributed by atoms with Gasteiger partial charge in [-0.1, -0.05) is 60.7 Å². The molecule has 0 bridgehead atoms. The molecule has 1 fully saturated rings. The van der Waals surface area contributed by atoms with E-state index in [1.807, 2.05) is 12.1 Å². The molecule has 1 saturated heterocycles. The lowest BCUT2D eigenvalue weighted by atomic mass is 9.87. The van der Waals surface area contributed by atoms with Crippen LogP contribution >= 0.6 is 0 Å². The molecule has 2 nitrogen and oxygen atoms in total. The molecule has 1 amide bonds. The third-order valence-corrected chi connectivity index (χ3v) is 4.76. The van der Waals surface area contributed by atoms with E-state index >= 15 is 0 Å². The van der Waals surface area contributed by atoms with Gasteiger partial charge >= 0.3 is 0 Å². The lowest BCUT2D eigenvalue weighted by Crippen LogP contribution is -2.35. The molecule has 1 aliphatic rings. The molecule has 0 radical (unpaired) electrons. The van der Waals surface area contributed by atoms with Crippen LogP contribution in [-0.4, -0.2) is 23.9 Å². The molecule has 2 aromatic carbocycles. The van der Waals surface area contributed by atoms with Crippen molar-refractivity contribution in [3.63, 3.8) is 0 Å². The fraction of sp³-hybridized carbons (Fsp3) is 0.381. The van der Waals surface area contributed by atoms with Crippen LogP contribution in [0, 0.1) is 0 Å². The third kappa shape index (κ3) is 4.22. The number of rotatable bonds is 5. The Bertz CT molecular complexity index is 563. The van der Waals surface area contributed by atoms with Crippen molar-refractivity contribution in [2.24, 2.45) is 0 Å². The van der Waals surface area contributed by atoms with Gasteiger partial charge in [-0.3, -0.25) is 4.79 Å². The van der Waals surface area contributed by atoms with Gasteiger partial charge in [0.15, 0.2) is 0 Å². The van der Waals surface area contributed by atoms with Crippen molar-refractivity contribution in [1.82, 2.24) is 4.90 Å². The molecule has 2 aromatic rings. The molecular formula is C21H25NO. The van der Waals surface area contributed by atoms with Gasteiger partial charge in [0.25, 0.3) is 0 Å². The molecule has 1 aliphatic heterocycles. The zero-order chi connectivity index (χ0) is 15.9. The summed E-state index contributed by atoms with van der Waals surface area (Å²) in [5.41, 5.74) is 2.59. The first-order valence-electron chi connectivity index (χ1n) is 8.72. The number of carbonyl (C=O) groups is 1. The molecule has 0 atom stereocenters. The number of benzene rings is 2. The van der Waals surface area contributed by atoms with Crippen LogP contribution in [0.4, 0.5) is 0 Å². The highest BCUT2D eigenvalue weighted by Crippen LogP contribution is 2.29. The molecule has 0 saturated carbocycles. The van der Waals surface area contributed by atoms with E-state index in [0.717, 1.165) is 32.4 Å². The highest BCUT2D eigenvalue weighted by molar-refractivity contribution is 5.76. The SMILES string of the molecule is O=C(CCC(c1ccccc1)c1ccccc1)N1CCCCC1. The summed E-state index contributed by atoms with van der Waals surface area (Å²) in [6.45, 7) is 1.89. The molecule has 2 heteroatoms. The van der Waals surface area contributed by atoms with Gasteiger partial charge < -0.3 is 4.90 Å². The van der Waals surface area contributed by atoms with Gasteiger partial charge in [-0.05, 0) is 36.8 Å². The average molecular weight is 307 g/mol. The normalized spacial score (nSPS) is 14.9. The number of likely N-dealkylation sites (tertiary alicyclic amines) is 1. The lowest BCUT2D eigenvalue weighted by Gasteiger charge is -2.27. The van der Waals surface area contributed by atoms with Crippen LogP contribution in [0.15, 0.2) is 60.7 Å². The largest absolute Gasteiger partial charge is 0.343 e. The Hall–Kier alpha value is -2.09. The summed E-state index contributed by atoms with van der Waals surface area (Å²) in [6.07, 6.45) is 5.09. The van der Waals surface area contributed by atoms with Crippen LogP contribution in [0.5, 0.6) is 0 Å². The van der Waals surface area contributed by atoms with E-state index in [4.69, 9.17) is 0 Å². The van der Waals surface area contributed by atoms with E-state index in [1.54, 1.807) is 0 Å². The Kier molecular flexibility index (Phi) is 5.46. The first-order chi connectivity index (χ1) is 11.3. The van der Waals surface area contributed by atoms with Crippen molar-refractivity contribution in [2.75, 3.05) is 13.1 Å². The van der Waals surface area contributed by atoms with Crippen LogP contribution in [0.1, 0.15) is 49.1 Å². The highest BCUT2D eigenvalue weighted by atomic mass is 16.2. The average Bonchev–Trinajstić information content (AvgIpc) is 2.64. The first-order valence-corrected chi connectivity index (χ1v) is 8.72. The molecule has 0 unspecified atom stereocenters. The predicted octanol–water partition coefficient (Wildman–Crippen LogP) is 4.61. The number of piperidine rings is 1. The second-order valence-electron chi connectivity index (χ2n) is 6.35. The van der Waals surface area contributed by atoms with Crippen molar-refractivity contribution in [1.29, 1.82) is 0 Å². The van der Waals surface area contributed by atoms with Gasteiger partial charge in [0.05, 0.1) is 0 Å². The Morgan fingerprint density at radius 3 is 1.87 bits per heavy atom. The molecule has 120 valence electrons. The molecule has 0 N–H and O–H groups in total. The molecule has 3 rings (SSSR count). The van der Waals surface area contributed by atoms with Crippen LogP contribution < -0.4 is 0 Å². The van der Waals surface area contributed by atoms with Crippen LogP contribution in [-0.2, 0) is 4.79 Å². The molecule has 0 aromatic heterocycles. The number of nitrogens with zero attached hydrogens (tertiary/aromatic N) is 1. The summed E-state index contributed by atoms with van der Waals surface area (Å²) in [4.78, 5) is 14.5. The van der Waals surface area contributed by atoms with E-state index in [9.17, 15) is 4.79 Å². The summed E-state index contributed by atoms with van der Waals surface area (Å²) >= 11 is 0. The van der Waals surface area contributed by atoms with E-state index < -0.39 is 0 Å². The van der Waals surface area contributed by atoms with Gasteiger partial charge in [-0.15, -0.1) is 0 Å². The smallest absolute Gasteiger partial charge is 0.222 e. The van der Waals surface area contributed by atoms with Gasteiger partial charge in [0.2, 0.25) is 5.91 Å². The fourth-order valence-electron chi connectivity index (χ4n) is 3.47.